The van der Waals surface area contributed by atoms with Crippen molar-refractivity contribution in [1.29, 1.82) is 0 Å². The van der Waals surface area contributed by atoms with E-state index in [1.165, 1.54) is 0 Å². The van der Waals surface area contributed by atoms with Gasteiger partial charge in [-0.3, -0.25) is 4.99 Å². The average molecular weight is 404 g/mol. The van der Waals surface area contributed by atoms with Crippen LogP contribution in [0.3, 0.4) is 0 Å². The van der Waals surface area contributed by atoms with Crippen LogP contribution in [0.4, 0.5) is 5.69 Å². The van der Waals surface area contributed by atoms with Crippen LogP contribution >= 0.6 is 24.0 Å². The second-order valence-corrected chi connectivity index (χ2v) is 5.61. The zero-order valence-corrected chi connectivity index (χ0v) is 16.0. The van der Waals surface area contributed by atoms with Crippen molar-refractivity contribution < 1.29 is 0 Å². The molecule has 0 fully saturated rings. The lowest BCUT2D eigenvalue weighted by atomic mass is 10.0. The Kier molecular flexibility index (Phi) is 10.2. The fourth-order valence-corrected chi connectivity index (χ4v) is 1.88. The van der Waals surface area contributed by atoms with E-state index in [2.05, 4.69) is 60.8 Å². The molecule has 0 bridgehead atoms. The third-order valence-corrected chi connectivity index (χ3v) is 3.07. The zero-order chi connectivity index (χ0) is 15.0. The van der Waals surface area contributed by atoms with E-state index in [9.17, 15) is 0 Å². The third kappa shape index (κ3) is 8.14. The highest BCUT2D eigenvalue weighted by atomic mass is 127. The van der Waals surface area contributed by atoms with Crippen molar-refractivity contribution in [2.75, 3.05) is 18.9 Å². The molecule has 5 heteroatoms. The van der Waals surface area contributed by atoms with Crippen LogP contribution in [0, 0.1) is 5.92 Å². The minimum Gasteiger partial charge on any atom is -0.380 e. The molecular weight excluding hydrogens is 375 g/mol. The third-order valence-electron chi connectivity index (χ3n) is 3.07. The summed E-state index contributed by atoms with van der Waals surface area (Å²) in [5, 5.41) is 10.2. The number of hydrogen-bond donors (Lipinski definition) is 3. The van der Waals surface area contributed by atoms with E-state index in [-0.39, 0.29) is 24.0 Å². The first-order valence-electron chi connectivity index (χ1n) is 7.31. The van der Waals surface area contributed by atoms with Crippen LogP contribution in [-0.4, -0.2) is 31.6 Å². The van der Waals surface area contributed by atoms with E-state index < -0.39 is 0 Å². The van der Waals surface area contributed by atoms with E-state index in [0.29, 0.717) is 18.0 Å². The summed E-state index contributed by atoms with van der Waals surface area (Å²) in [6.45, 7) is 9.49. The van der Waals surface area contributed by atoms with Crippen LogP contribution in [0.1, 0.15) is 27.7 Å². The highest BCUT2D eigenvalue weighted by Crippen LogP contribution is 2.11. The van der Waals surface area contributed by atoms with Crippen molar-refractivity contribution in [3.63, 3.8) is 0 Å². The quantitative estimate of drug-likeness (QED) is 0.387. The maximum absolute atomic E-state index is 4.23. The lowest BCUT2D eigenvalue weighted by molar-refractivity contribution is 0.511. The van der Waals surface area contributed by atoms with Gasteiger partial charge in [0.25, 0.3) is 0 Å². The fourth-order valence-electron chi connectivity index (χ4n) is 1.88. The number of nitrogens with zero attached hydrogens (tertiary/aromatic N) is 1. The lowest BCUT2D eigenvalue weighted by Crippen LogP contribution is -2.46. The predicted molar refractivity (Wildman–Crippen MR) is 104 cm³/mol. The van der Waals surface area contributed by atoms with Crippen LogP contribution < -0.4 is 16.0 Å². The number of anilines is 1. The van der Waals surface area contributed by atoms with Crippen LogP contribution in [0.2, 0.25) is 0 Å². The number of hydrogen-bond acceptors (Lipinski definition) is 2. The fraction of sp³-hybridized carbons (Fsp3) is 0.562. The average Bonchev–Trinajstić information content (AvgIpc) is 2.42. The molecule has 0 saturated heterocycles. The summed E-state index contributed by atoms with van der Waals surface area (Å²) in [7, 11) is 1.80. The molecule has 0 spiro atoms. The van der Waals surface area contributed by atoms with Crippen molar-refractivity contribution in [1.82, 2.24) is 10.6 Å². The summed E-state index contributed by atoms with van der Waals surface area (Å²) >= 11 is 0. The van der Waals surface area contributed by atoms with E-state index in [1.807, 2.05) is 18.2 Å². The highest BCUT2D eigenvalue weighted by Gasteiger charge is 2.13. The minimum atomic E-state index is 0. The van der Waals surface area contributed by atoms with Gasteiger partial charge in [-0.1, -0.05) is 32.0 Å². The monoisotopic (exact) mass is 404 g/mol. The van der Waals surface area contributed by atoms with Crippen LogP contribution in [0.5, 0.6) is 0 Å². The second kappa shape index (κ2) is 10.7. The molecular formula is C16H29IN4. The maximum atomic E-state index is 4.23. The summed E-state index contributed by atoms with van der Waals surface area (Å²) in [5.41, 5.74) is 1.15. The van der Waals surface area contributed by atoms with Crippen molar-refractivity contribution >= 4 is 35.6 Å². The number of guanidine groups is 1. The molecule has 0 aromatic heterocycles. The minimum absolute atomic E-state index is 0. The molecule has 1 atom stereocenters. The molecule has 0 radical (unpaired) electrons. The molecule has 1 aromatic carbocycles. The Morgan fingerprint density at radius 3 is 2.19 bits per heavy atom. The van der Waals surface area contributed by atoms with E-state index in [0.717, 1.165) is 18.2 Å². The molecule has 0 aliphatic carbocycles. The molecule has 0 aliphatic rings. The van der Waals surface area contributed by atoms with Crippen LogP contribution in [0.15, 0.2) is 35.3 Å². The Morgan fingerprint density at radius 2 is 1.71 bits per heavy atom. The van der Waals surface area contributed by atoms with Gasteiger partial charge in [0.05, 0.1) is 0 Å². The largest absolute Gasteiger partial charge is 0.380 e. The molecule has 1 aromatic rings. The number of rotatable bonds is 6. The van der Waals surface area contributed by atoms with Gasteiger partial charge in [-0.25, -0.2) is 0 Å². The first-order chi connectivity index (χ1) is 9.52. The Morgan fingerprint density at radius 1 is 1.10 bits per heavy atom. The Labute approximate surface area is 146 Å². The first-order valence-corrected chi connectivity index (χ1v) is 7.31. The first kappa shape index (κ1) is 20.0. The lowest BCUT2D eigenvalue weighted by Gasteiger charge is -2.25. The molecule has 0 saturated carbocycles. The van der Waals surface area contributed by atoms with Gasteiger partial charge in [-0.05, 0) is 31.9 Å². The number of benzene rings is 1. The van der Waals surface area contributed by atoms with Gasteiger partial charge < -0.3 is 16.0 Å². The molecule has 0 aliphatic heterocycles. The van der Waals surface area contributed by atoms with E-state index in [4.69, 9.17) is 0 Å². The SMILES string of the molecule is CN=C(NCC(Nc1ccccc1)C(C)C)NC(C)C.I. The van der Waals surface area contributed by atoms with Gasteiger partial charge in [-0.2, -0.15) is 0 Å². The summed E-state index contributed by atoms with van der Waals surface area (Å²) in [4.78, 5) is 4.23. The van der Waals surface area contributed by atoms with Gasteiger partial charge in [-0.15, -0.1) is 24.0 Å². The van der Waals surface area contributed by atoms with Crippen molar-refractivity contribution in [2.45, 2.75) is 39.8 Å². The number of aliphatic imine (C=N–C) groups is 1. The predicted octanol–water partition coefficient (Wildman–Crippen LogP) is 3.31. The van der Waals surface area contributed by atoms with Gasteiger partial charge in [0, 0.05) is 31.4 Å². The van der Waals surface area contributed by atoms with E-state index >= 15 is 0 Å². The van der Waals surface area contributed by atoms with Crippen LogP contribution in [-0.2, 0) is 0 Å². The van der Waals surface area contributed by atoms with Crippen molar-refractivity contribution in [3.05, 3.63) is 30.3 Å². The molecule has 0 amide bonds. The smallest absolute Gasteiger partial charge is 0.191 e. The molecule has 21 heavy (non-hydrogen) atoms. The van der Waals surface area contributed by atoms with Gasteiger partial charge in [0.1, 0.15) is 0 Å². The number of nitrogens with one attached hydrogen (secondary N) is 3. The maximum Gasteiger partial charge on any atom is 0.191 e. The van der Waals surface area contributed by atoms with Crippen molar-refractivity contribution in [2.24, 2.45) is 10.9 Å². The Balaban J connectivity index is 0.00000400. The molecule has 4 nitrogen and oxygen atoms in total. The van der Waals surface area contributed by atoms with Crippen molar-refractivity contribution in [3.8, 4) is 0 Å². The Bertz CT molecular complexity index is 404. The molecule has 1 rings (SSSR count). The van der Waals surface area contributed by atoms with Crippen LogP contribution in [0.25, 0.3) is 0 Å². The zero-order valence-electron chi connectivity index (χ0n) is 13.7. The summed E-state index contributed by atoms with van der Waals surface area (Å²) in [6.07, 6.45) is 0. The molecule has 0 heterocycles. The van der Waals surface area contributed by atoms with Gasteiger partial charge in [0.15, 0.2) is 5.96 Å². The van der Waals surface area contributed by atoms with E-state index in [1.54, 1.807) is 7.05 Å². The molecule has 120 valence electrons. The normalized spacial score (nSPS) is 12.8. The standard InChI is InChI=1S/C16H28N4.HI/c1-12(2)15(20-14-9-7-6-8-10-14)11-18-16(17-5)19-13(3)4;/h6-10,12-13,15,20H,11H2,1-5H3,(H2,17,18,19);1H. The Hall–Kier alpha value is -0.980. The summed E-state index contributed by atoms with van der Waals surface area (Å²) < 4.78 is 0. The summed E-state index contributed by atoms with van der Waals surface area (Å²) in [6, 6.07) is 11.0. The van der Waals surface area contributed by atoms with Gasteiger partial charge in [0.2, 0.25) is 0 Å². The second-order valence-electron chi connectivity index (χ2n) is 5.61. The highest BCUT2D eigenvalue weighted by molar-refractivity contribution is 14.0. The number of halogens is 1. The molecule has 1 unspecified atom stereocenters. The summed E-state index contributed by atoms with van der Waals surface area (Å²) in [5.74, 6) is 1.38. The number of para-hydroxylation sites is 1. The van der Waals surface area contributed by atoms with Gasteiger partial charge >= 0.3 is 0 Å². The molecule has 3 N–H and O–H groups in total. The topological polar surface area (TPSA) is 48.5 Å².